The third-order valence-corrected chi connectivity index (χ3v) is 5.35. The maximum Gasteiger partial charge on any atom is 0.227 e. The summed E-state index contributed by atoms with van der Waals surface area (Å²) in [6.45, 7) is 5.19. The number of pyridine rings is 1. The Morgan fingerprint density at radius 3 is 2.66 bits per heavy atom. The first kappa shape index (κ1) is 19.1. The van der Waals surface area contributed by atoms with E-state index < -0.39 is 0 Å². The van der Waals surface area contributed by atoms with Crippen LogP contribution in [0.1, 0.15) is 18.4 Å². The van der Waals surface area contributed by atoms with Gasteiger partial charge in [-0.3, -0.25) is 9.59 Å². The van der Waals surface area contributed by atoms with E-state index in [-0.39, 0.29) is 17.7 Å². The highest BCUT2D eigenvalue weighted by molar-refractivity contribution is 5.84. The number of nitrogens with one attached hydrogen (secondary N) is 2. The summed E-state index contributed by atoms with van der Waals surface area (Å²) in [6, 6.07) is 5.80. The summed E-state index contributed by atoms with van der Waals surface area (Å²) in [4.78, 5) is 41.0. The van der Waals surface area contributed by atoms with Crippen molar-refractivity contribution in [1.29, 1.82) is 0 Å². The van der Waals surface area contributed by atoms with Crippen molar-refractivity contribution in [2.45, 2.75) is 19.8 Å². The lowest BCUT2D eigenvalue weighted by atomic mass is 9.97. The van der Waals surface area contributed by atoms with Crippen LogP contribution >= 0.6 is 0 Å². The molecule has 0 aromatic carbocycles. The molecule has 4 heterocycles. The van der Waals surface area contributed by atoms with E-state index in [9.17, 15) is 9.59 Å². The summed E-state index contributed by atoms with van der Waals surface area (Å²) in [5.41, 5.74) is 1.12. The molecule has 1 atom stereocenters. The Hall–Kier alpha value is -3.23. The second kappa shape index (κ2) is 8.42. The van der Waals surface area contributed by atoms with Gasteiger partial charge in [0.1, 0.15) is 23.8 Å². The van der Waals surface area contributed by atoms with Crippen LogP contribution in [0.3, 0.4) is 0 Å². The number of rotatable bonds is 4. The molecule has 29 heavy (non-hydrogen) atoms. The molecule has 2 saturated heterocycles. The molecule has 2 aromatic heterocycles. The molecule has 0 bridgehead atoms. The number of piperazine rings is 1. The minimum absolute atomic E-state index is 0.0351. The topological polar surface area (TPSA) is 103 Å². The molecule has 152 valence electrons. The van der Waals surface area contributed by atoms with Gasteiger partial charge in [0.2, 0.25) is 11.8 Å². The maximum atomic E-state index is 12.7. The van der Waals surface area contributed by atoms with E-state index in [2.05, 4.69) is 30.5 Å². The molecule has 2 N–H and O–H groups in total. The number of aryl methyl sites for hydroxylation is 1. The molecular formula is C20H25N7O2. The van der Waals surface area contributed by atoms with Gasteiger partial charge in [0, 0.05) is 51.4 Å². The van der Waals surface area contributed by atoms with E-state index in [0.29, 0.717) is 51.4 Å². The van der Waals surface area contributed by atoms with Gasteiger partial charge in [0.05, 0.1) is 5.92 Å². The van der Waals surface area contributed by atoms with Gasteiger partial charge >= 0.3 is 0 Å². The van der Waals surface area contributed by atoms with Crippen LogP contribution in [0.25, 0.3) is 0 Å². The van der Waals surface area contributed by atoms with Crippen LogP contribution in [0.2, 0.25) is 0 Å². The minimum Gasteiger partial charge on any atom is -0.355 e. The third kappa shape index (κ3) is 4.61. The van der Waals surface area contributed by atoms with Crippen LogP contribution in [-0.4, -0.2) is 64.4 Å². The Bertz CT molecular complexity index is 886. The molecule has 2 aliphatic heterocycles. The molecule has 2 aliphatic rings. The molecular weight excluding hydrogens is 370 g/mol. The Balaban J connectivity index is 1.35. The summed E-state index contributed by atoms with van der Waals surface area (Å²) >= 11 is 0. The number of nitrogens with zero attached hydrogens (tertiary/aromatic N) is 5. The third-order valence-electron chi connectivity index (χ3n) is 5.35. The van der Waals surface area contributed by atoms with Crippen LogP contribution in [0, 0.1) is 12.8 Å². The Morgan fingerprint density at radius 1 is 1.14 bits per heavy atom. The van der Waals surface area contributed by atoms with Crippen molar-refractivity contribution in [2.75, 3.05) is 42.9 Å². The van der Waals surface area contributed by atoms with E-state index >= 15 is 0 Å². The summed E-state index contributed by atoms with van der Waals surface area (Å²) in [6.07, 6.45) is 4.37. The number of hydrogen-bond donors (Lipinski definition) is 2. The van der Waals surface area contributed by atoms with Crippen molar-refractivity contribution in [3.8, 4) is 0 Å². The smallest absolute Gasteiger partial charge is 0.227 e. The van der Waals surface area contributed by atoms with Crippen LogP contribution in [0.4, 0.5) is 17.5 Å². The average molecular weight is 395 g/mol. The fourth-order valence-electron chi connectivity index (χ4n) is 3.68. The molecule has 2 fully saturated rings. The van der Waals surface area contributed by atoms with Gasteiger partial charge in [-0.2, -0.15) is 0 Å². The zero-order valence-electron chi connectivity index (χ0n) is 16.5. The molecule has 0 saturated carbocycles. The highest BCUT2D eigenvalue weighted by Crippen LogP contribution is 2.21. The summed E-state index contributed by atoms with van der Waals surface area (Å²) in [5, 5.41) is 6.00. The maximum absolute atomic E-state index is 12.7. The zero-order valence-corrected chi connectivity index (χ0v) is 16.5. The van der Waals surface area contributed by atoms with Crippen molar-refractivity contribution in [3.63, 3.8) is 0 Å². The molecule has 0 spiro atoms. The molecule has 4 rings (SSSR count). The van der Waals surface area contributed by atoms with E-state index in [1.54, 1.807) is 6.20 Å². The second-order valence-corrected chi connectivity index (χ2v) is 7.46. The number of anilines is 3. The lowest BCUT2D eigenvalue weighted by Gasteiger charge is -2.37. The fraction of sp³-hybridized carbons (Fsp3) is 0.450. The lowest BCUT2D eigenvalue weighted by Crippen LogP contribution is -2.52. The van der Waals surface area contributed by atoms with Crippen molar-refractivity contribution >= 4 is 29.3 Å². The van der Waals surface area contributed by atoms with E-state index in [1.165, 1.54) is 6.33 Å². The molecule has 1 unspecified atom stereocenters. The van der Waals surface area contributed by atoms with Gasteiger partial charge in [0.25, 0.3) is 0 Å². The first-order chi connectivity index (χ1) is 14.1. The van der Waals surface area contributed by atoms with Crippen LogP contribution in [0.5, 0.6) is 0 Å². The number of amides is 2. The quantitative estimate of drug-likeness (QED) is 0.799. The molecule has 2 aromatic rings. The molecule has 0 aliphatic carbocycles. The average Bonchev–Trinajstić information content (AvgIpc) is 2.74. The van der Waals surface area contributed by atoms with E-state index in [0.717, 1.165) is 17.2 Å². The van der Waals surface area contributed by atoms with Crippen LogP contribution in [0.15, 0.2) is 30.7 Å². The molecule has 9 nitrogen and oxygen atoms in total. The lowest BCUT2D eigenvalue weighted by molar-refractivity contribution is -0.137. The minimum atomic E-state index is -0.101. The normalized spacial score (nSPS) is 19.6. The Labute approximate surface area is 169 Å². The Morgan fingerprint density at radius 2 is 1.93 bits per heavy atom. The monoisotopic (exact) mass is 395 g/mol. The summed E-state index contributed by atoms with van der Waals surface area (Å²) in [7, 11) is 0. The van der Waals surface area contributed by atoms with Crippen LogP contribution in [-0.2, 0) is 9.59 Å². The van der Waals surface area contributed by atoms with Crippen molar-refractivity contribution in [1.82, 2.24) is 25.2 Å². The van der Waals surface area contributed by atoms with Crippen molar-refractivity contribution in [3.05, 3.63) is 36.3 Å². The Kier molecular flexibility index (Phi) is 5.55. The highest BCUT2D eigenvalue weighted by atomic mass is 16.2. The standard InChI is InChI=1S/C20H25N7O2/c1-14-4-5-21-16(10-14)25-17-11-18(24-13-23-17)26-6-8-27(9-7-26)20(29)15-2-3-19(28)22-12-15/h4-5,10-11,13,15H,2-3,6-9,12H2,1H3,(H,22,28)(H,21,23,24,25). The van der Waals surface area contributed by atoms with Crippen molar-refractivity contribution < 1.29 is 9.59 Å². The number of carbonyl (C=O) groups excluding carboxylic acids is 2. The second-order valence-electron chi connectivity index (χ2n) is 7.46. The van der Waals surface area contributed by atoms with Gasteiger partial charge in [-0.1, -0.05) is 0 Å². The van der Waals surface area contributed by atoms with Gasteiger partial charge in [-0.15, -0.1) is 0 Å². The van der Waals surface area contributed by atoms with Gasteiger partial charge < -0.3 is 20.4 Å². The predicted octanol–water partition coefficient (Wildman–Crippen LogP) is 1.10. The predicted molar refractivity (Wildman–Crippen MR) is 109 cm³/mol. The largest absolute Gasteiger partial charge is 0.355 e. The molecule has 2 amide bonds. The number of carbonyl (C=O) groups is 2. The molecule has 0 radical (unpaired) electrons. The zero-order chi connectivity index (χ0) is 20.2. The summed E-state index contributed by atoms with van der Waals surface area (Å²) < 4.78 is 0. The van der Waals surface area contributed by atoms with E-state index in [1.807, 2.05) is 30.0 Å². The van der Waals surface area contributed by atoms with Gasteiger partial charge in [-0.05, 0) is 31.0 Å². The first-order valence-electron chi connectivity index (χ1n) is 9.90. The highest BCUT2D eigenvalue weighted by Gasteiger charge is 2.30. The van der Waals surface area contributed by atoms with E-state index in [4.69, 9.17) is 0 Å². The first-order valence-corrected chi connectivity index (χ1v) is 9.90. The van der Waals surface area contributed by atoms with Gasteiger partial charge in [0.15, 0.2) is 0 Å². The van der Waals surface area contributed by atoms with Gasteiger partial charge in [-0.25, -0.2) is 15.0 Å². The SMILES string of the molecule is Cc1ccnc(Nc2cc(N3CCN(C(=O)C4CCC(=O)NC4)CC3)ncn2)c1. The number of hydrogen-bond acceptors (Lipinski definition) is 7. The number of piperidine rings is 1. The molecule has 9 heteroatoms. The number of aromatic nitrogens is 3. The van der Waals surface area contributed by atoms with Crippen LogP contribution < -0.4 is 15.5 Å². The fourth-order valence-corrected chi connectivity index (χ4v) is 3.68. The van der Waals surface area contributed by atoms with Crippen molar-refractivity contribution in [2.24, 2.45) is 5.92 Å². The summed E-state index contributed by atoms with van der Waals surface area (Å²) in [5.74, 6) is 2.32.